The highest BCUT2D eigenvalue weighted by molar-refractivity contribution is 7.83. The highest BCUT2D eigenvalue weighted by atomic mass is 32.2. The van der Waals surface area contributed by atoms with Gasteiger partial charge in [0.05, 0.1) is 22.8 Å². The van der Waals surface area contributed by atoms with Crippen LogP contribution in [0.4, 0.5) is 0 Å². The minimum absolute atomic E-state index is 0.735. The summed E-state index contributed by atoms with van der Waals surface area (Å²) >= 11 is 0. The molecular weight excluding hydrogens is 420 g/mol. The van der Waals surface area contributed by atoms with Crippen molar-refractivity contribution >= 4 is 32.9 Å². The van der Waals surface area contributed by atoms with Crippen molar-refractivity contribution in [3.05, 3.63) is 85.8 Å². The molecule has 0 amide bonds. The summed E-state index contributed by atoms with van der Waals surface area (Å²) in [5, 5.41) is 6.25. The molecule has 8 heteroatoms. The molecular formula is C24H18N6OS. The number of aromatic amines is 1. The Morgan fingerprint density at radius 1 is 0.938 bits per heavy atom. The Bertz CT molecular complexity index is 1610. The summed E-state index contributed by atoms with van der Waals surface area (Å²) in [5.74, 6) is 0. The molecule has 0 saturated heterocycles. The minimum Gasteiger partial charge on any atom is -0.346 e. The maximum absolute atomic E-state index is 13.4. The molecule has 1 unspecified atom stereocenters. The second kappa shape index (κ2) is 7.28. The fraction of sp³-hybridized carbons (Fsp3) is 0.0417. The van der Waals surface area contributed by atoms with Crippen LogP contribution in [0.3, 0.4) is 0 Å². The zero-order valence-corrected chi connectivity index (χ0v) is 18.0. The number of nitrogens with zero attached hydrogens (tertiary/aromatic N) is 5. The van der Waals surface area contributed by atoms with Gasteiger partial charge in [0.25, 0.3) is 0 Å². The number of aromatic nitrogens is 6. The third-order valence-electron chi connectivity index (χ3n) is 5.56. The van der Waals surface area contributed by atoms with Crippen LogP contribution in [0.5, 0.6) is 0 Å². The van der Waals surface area contributed by atoms with Crippen LogP contribution in [0.1, 0.15) is 0 Å². The van der Waals surface area contributed by atoms with Crippen molar-refractivity contribution in [2.45, 2.75) is 4.90 Å². The van der Waals surface area contributed by atoms with E-state index in [2.05, 4.69) is 26.1 Å². The first kappa shape index (κ1) is 18.7. The van der Waals surface area contributed by atoms with Gasteiger partial charge in [-0.05, 0) is 24.3 Å². The molecule has 156 valence electrons. The molecule has 1 atom stereocenters. The van der Waals surface area contributed by atoms with Crippen LogP contribution >= 0.6 is 0 Å². The first-order chi connectivity index (χ1) is 15.7. The zero-order chi connectivity index (χ0) is 21.7. The van der Waals surface area contributed by atoms with Gasteiger partial charge in [-0.25, -0.2) is 9.19 Å². The van der Waals surface area contributed by atoms with Crippen LogP contribution in [0.15, 0.2) is 90.7 Å². The fourth-order valence-corrected chi connectivity index (χ4v) is 5.14. The van der Waals surface area contributed by atoms with Gasteiger partial charge in [0.1, 0.15) is 5.65 Å². The third-order valence-corrected chi connectivity index (χ3v) is 6.89. The monoisotopic (exact) mass is 438 g/mol. The molecule has 6 rings (SSSR count). The predicted octanol–water partition coefficient (Wildman–Crippen LogP) is 4.55. The second-order valence-electron chi connectivity index (χ2n) is 7.55. The zero-order valence-electron chi connectivity index (χ0n) is 17.1. The van der Waals surface area contributed by atoms with Crippen LogP contribution in [-0.4, -0.2) is 32.9 Å². The molecule has 0 aliphatic heterocycles. The number of nitrogens with one attached hydrogen (secondary N) is 1. The van der Waals surface area contributed by atoms with E-state index in [9.17, 15) is 4.21 Å². The molecule has 1 N–H and O–H groups in total. The van der Waals surface area contributed by atoms with E-state index in [0.717, 1.165) is 49.1 Å². The van der Waals surface area contributed by atoms with Gasteiger partial charge in [-0.1, -0.05) is 18.2 Å². The summed E-state index contributed by atoms with van der Waals surface area (Å²) in [6.07, 6.45) is 13.1. The highest BCUT2D eigenvalue weighted by Crippen LogP contribution is 2.36. The van der Waals surface area contributed by atoms with Gasteiger partial charge in [-0.15, -0.1) is 0 Å². The number of hydrogen-bond acceptors (Lipinski definition) is 4. The lowest BCUT2D eigenvalue weighted by molar-refractivity contribution is 0.678. The predicted molar refractivity (Wildman–Crippen MR) is 125 cm³/mol. The van der Waals surface area contributed by atoms with Crippen molar-refractivity contribution in [3.63, 3.8) is 0 Å². The van der Waals surface area contributed by atoms with Gasteiger partial charge in [0.15, 0.2) is 11.0 Å². The van der Waals surface area contributed by atoms with Crippen molar-refractivity contribution in [2.75, 3.05) is 0 Å². The lowest BCUT2D eigenvalue weighted by Crippen LogP contribution is -2.03. The molecule has 7 nitrogen and oxygen atoms in total. The van der Waals surface area contributed by atoms with Crippen molar-refractivity contribution in [2.24, 2.45) is 7.05 Å². The van der Waals surface area contributed by atoms with E-state index in [4.69, 9.17) is 0 Å². The minimum atomic E-state index is -1.39. The van der Waals surface area contributed by atoms with Crippen LogP contribution < -0.4 is 0 Å². The van der Waals surface area contributed by atoms with Crippen LogP contribution in [0, 0.1) is 0 Å². The maximum atomic E-state index is 13.4. The third kappa shape index (κ3) is 2.96. The van der Waals surface area contributed by atoms with Gasteiger partial charge in [-0.2, -0.15) is 5.10 Å². The molecule has 5 heterocycles. The van der Waals surface area contributed by atoms with Gasteiger partial charge < -0.3 is 4.98 Å². The van der Waals surface area contributed by atoms with Gasteiger partial charge in [-0.3, -0.25) is 13.6 Å². The van der Waals surface area contributed by atoms with Crippen molar-refractivity contribution in [1.82, 2.24) is 28.7 Å². The molecule has 0 radical (unpaired) electrons. The Labute approximate surface area is 186 Å². The second-order valence-corrected chi connectivity index (χ2v) is 8.91. The number of fused-ring (bicyclic) bond motifs is 2. The summed E-state index contributed by atoms with van der Waals surface area (Å²) in [6, 6.07) is 13.5. The first-order valence-corrected chi connectivity index (χ1v) is 11.2. The average molecular weight is 439 g/mol. The van der Waals surface area contributed by atoms with E-state index in [1.165, 1.54) is 0 Å². The Morgan fingerprint density at radius 3 is 2.62 bits per heavy atom. The van der Waals surface area contributed by atoms with Crippen molar-refractivity contribution in [3.8, 4) is 22.3 Å². The van der Waals surface area contributed by atoms with E-state index in [-0.39, 0.29) is 0 Å². The Morgan fingerprint density at radius 2 is 1.81 bits per heavy atom. The summed E-state index contributed by atoms with van der Waals surface area (Å²) in [6.45, 7) is 0. The maximum Gasteiger partial charge on any atom is 0.157 e. The van der Waals surface area contributed by atoms with Crippen molar-refractivity contribution in [1.29, 1.82) is 0 Å². The molecule has 5 aromatic heterocycles. The van der Waals surface area contributed by atoms with Crippen LogP contribution in [0.2, 0.25) is 0 Å². The molecule has 0 fully saturated rings. The average Bonchev–Trinajstić information content (AvgIpc) is 3.55. The fourth-order valence-electron chi connectivity index (χ4n) is 4.00. The molecule has 0 aliphatic rings. The number of benzene rings is 1. The summed E-state index contributed by atoms with van der Waals surface area (Å²) in [7, 11) is 0.508. The van der Waals surface area contributed by atoms with E-state index >= 15 is 0 Å². The topological polar surface area (TPSA) is 81.4 Å². The molecule has 0 saturated carbocycles. The molecule has 0 bridgehead atoms. The largest absolute Gasteiger partial charge is 0.346 e. The molecule has 6 aromatic rings. The SMILES string of the molecule is Cn1cc(-c2cnc3[nH]cc(-c4cn(S(=O)c5ccccc5)c5cnccc45)c3c2)cn1. The molecule has 0 aliphatic carbocycles. The summed E-state index contributed by atoms with van der Waals surface area (Å²) < 4.78 is 16.9. The van der Waals surface area contributed by atoms with E-state index in [0.29, 0.717) is 0 Å². The van der Waals surface area contributed by atoms with E-state index in [1.54, 1.807) is 21.0 Å². The van der Waals surface area contributed by atoms with Gasteiger partial charge >= 0.3 is 0 Å². The smallest absolute Gasteiger partial charge is 0.157 e. The highest BCUT2D eigenvalue weighted by Gasteiger charge is 2.18. The molecule has 32 heavy (non-hydrogen) atoms. The number of rotatable bonds is 4. The van der Waals surface area contributed by atoms with E-state index < -0.39 is 11.0 Å². The quantitative estimate of drug-likeness (QED) is 0.438. The Kier molecular flexibility index (Phi) is 4.26. The Balaban J connectivity index is 1.55. The van der Waals surface area contributed by atoms with E-state index in [1.807, 2.05) is 74.4 Å². The Hall–Kier alpha value is -4.04. The first-order valence-electron chi connectivity index (χ1n) is 10.1. The van der Waals surface area contributed by atoms with Gasteiger partial charge in [0, 0.05) is 71.1 Å². The van der Waals surface area contributed by atoms with Gasteiger partial charge in [0.2, 0.25) is 0 Å². The summed E-state index contributed by atoms with van der Waals surface area (Å²) in [5.41, 5.74) is 5.58. The lowest BCUT2D eigenvalue weighted by Gasteiger charge is -2.04. The standard InChI is InChI=1S/C24H18N6OS/c1-29-14-17(11-28-29)16-9-20-21(12-27-24(20)26-10-16)22-15-30(23-13-25-8-7-19(22)23)32(31)18-5-3-2-4-6-18/h2-15H,1H3,(H,26,27). The lowest BCUT2D eigenvalue weighted by atomic mass is 10.0. The van der Waals surface area contributed by atoms with Crippen LogP contribution in [0.25, 0.3) is 44.2 Å². The van der Waals surface area contributed by atoms with Crippen LogP contribution in [-0.2, 0) is 18.0 Å². The number of pyridine rings is 2. The number of hydrogen-bond donors (Lipinski definition) is 1. The molecule has 1 aromatic carbocycles. The number of aryl methyl sites for hydroxylation is 1. The normalized spacial score (nSPS) is 12.5. The number of H-pyrrole nitrogens is 1. The van der Waals surface area contributed by atoms with Crippen molar-refractivity contribution < 1.29 is 4.21 Å². The molecule has 0 spiro atoms. The summed E-state index contributed by atoms with van der Waals surface area (Å²) in [4.78, 5) is 12.9.